The van der Waals surface area contributed by atoms with Crippen LogP contribution in [0.2, 0.25) is 0 Å². The van der Waals surface area contributed by atoms with Crippen molar-refractivity contribution in [2.24, 2.45) is 0 Å². The van der Waals surface area contributed by atoms with Crippen LogP contribution < -0.4 is 10.6 Å². The van der Waals surface area contributed by atoms with Gasteiger partial charge in [0.05, 0.1) is 0 Å². The van der Waals surface area contributed by atoms with Crippen molar-refractivity contribution in [2.75, 3.05) is 0 Å². The second-order valence-electron chi connectivity index (χ2n) is 9.20. The lowest BCUT2D eigenvalue weighted by atomic mass is 10.1. The van der Waals surface area contributed by atoms with Crippen LogP contribution in [0, 0.1) is 0 Å². The van der Waals surface area contributed by atoms with Gasteiger partial charge in [-0.15, -0.1) is 0 Å². The first kappa shape index (κ1) is 28.4. The maximum absolute atomic E-state index is 12.7. The minimum Gasteiger partial charge on any atom is -0.461 e. The Kier molecular flexibility index (Phi) is 10.9. The predicted molar refractivity (Wildman–Crippen MR) is 132 cm³/mol. The van der Waals surface area contributed by atoms with Gasteiger partial charge in [0, 0.05) is 6.42 Å². The van der Waals surface area contributed by atoms with Crippen molar-refractivity contribution in [1.29, 1.82) is 0 Å². The molecule has 0 bridgehead atoms. The number of esters is 3. The van der Waals surface area contributed by atoms with Crippen LogP contribution in [0.1, 0.15) is 51.7 Å². The first-order chi connectivity index (χ1) is 17.0. The molecule has 0 aliphatic rings. The molecular formula is C27H34N2O7. The summed E-state index contributed by atoms with van der Waals surface area (Å²) in [4.78, 5) is 49.7. The molecular weight excluding hydrogens is 464 g/mol. The third-order valence-electron chi connectivity index (χ3n) is 4.80. The van der Waals surface area contributed by atoms with E-state index in [0.29, 0.717) is 0 Å². The van der Waals surface area contributed by atoms with Crippen LogP contribution in [0.15, 0.2) is 60.7 Å². The average molecular weight is 499 g/mol. The zero-order chi connectivity index (χ0) is 26.6. The second-order valence-corrected chi connectivity index (χ2v) is 9.20. The smallest absolute Gasteiger partial charge is 0.329 e. The molecule has 2 N–H and O–H groups in total. The van der Waals surface area contributed by atoms with Crippen LogP contribution in [0.3, 0.4) is 0 Å². The molecule has 2 atom stereocenters. The van der Waals surface area contributed by atoms with E-state index in [0.717, 1.165) is 11.1 Å². The number of hydrogen-bond acceptors (Lipinski definition) is 7. The largest absolute Gasteiger partial charge is 0.461 e. The fourth-order valence-corrected chi connectivity index (χ4v) is 3.00. The van der Waals surface area contributed by atoms with E-state index < -0.39 is 41.6 Å². The van der Waals surface area contributed by atoms with E-state index in [-0.39, 0.29) is 26.1 Å². The molecule has 2 amide bonds. The zero-order valence-corrected chi connectivity index (χ0v) is 21.1. The summed E-state index contributed by atoms with van der Waals surface area (Å²) >= 11 is 0. The Morgan fingerprint density at radius 1 is 0.778 bits per heavy atom. The van der Waals surface area contributed by atoms with Gasteiger partial charge in [-0.05, 0) is 45.2 Å². The third kappa shape index (κ3) is 11.0. The molecule has 0 heterocycles. The Labute approximate surface area is 211 Å². The summed E-state index contributed by atoms with van der Waals surface area (Å²) in [7, 11) is 0. The standard InChI is InChI=1S/C27H34N2O7/c1-19(24(31)36-27(2,3)4)28-26(33)29-22(25(32)35-18-21-13-9-6-10-14-21)15-16-23(30)34-17-20-11-7-5-8-12-20/h5-14,19,22H,15-18H2,1-4H3,(H2,28,29,33)/t19-,22-/m0/s1. The van der Waals surface area contributed by atoms with Crippen molar-refractivity contribution in [1.82, 2.24) is 10.6 Å². The van der Waals surface area contributed by atoms with E-state index in [1.807, 2.05) is 48.5 Å². The van der Waals surface area contributed by atoms with Crippen LogP contribution >= 0.6 is 0 Å². The van der Waals surface area contributed by atoms with Crippen molar-refractivity contribution in [3.63, 3.8) is 0 Å². The van der Waals surface area contributed by atoms with Crippen LogP contribution in [0.5, 0.6) is 0 Å². The number of urea groups is 1. The summed E-state index contributed by atoms with van der Waals surface area (Å²) in [6.07, 6.45) is -0.171. The highest BCUT2D eigenvalue weighted by Gasteiger charge is 2.27. The topological polar surface area (TPSA) is 120 Å². The lowest BCUT2D eigenvalue weighted by Gasteiger charge is -2.23. The molecule has 0 aromatic heterocycles. The van der Waals surface area contributed by atoms with Crippen molar-refractivity contribution in [3.8, 4) is 0 Å². The van der Waals surface area contributed by atoms with Crippen molar-refractivity contribution >= 4 is 23.9 Å². The normalized spacial score (nSPS) is 12.6. The number of carbonyl (C=O) groups excluding carboxylic acids is 4. The van der Waals surface area contributed by atoms with Gasteiger partial charge in [0.2, 0.25) is 0 Å². The Hall–Kier alpha value is -3.88. The van der Waals surface area contributed by atoms with Gasteiger partial charge in [-0.25, -0.2) is 14.4 Å². The maximum Gasteiger partial charge on any atom is 0.329 e. The molecule has 0 unspecified atom stereocenters. The summed E-state index contributed by atoms with van der Waals surface area (Å²) in [6.45, 7) is 6.72. The lowest BCUT2D eigenvalue weighted by molar-refractivity contribution is -0.156. The highest BCUT2D eigenvalue weighted by Crippen LogP contribution is 2.10. The van der Waals surface area contributed by atoms with Crippen LogP contribution in [0.4, 0.5) is 4.79 Å². The molecule has 2 aromatic carbocycles. The molecule has 2 rings (SSSR count). The maximum atomic E-state index is 12.7. The average Bonchev–Trinajstić information content (AvgIpc) is 2.84. The molecule has 9 nitrogen and oxygen atoms in total. The second kappa shape index (κ2) is 13.9. The Morgan fingerprint density at radius 2 is 1.31 bits per heavy atom. The molecule has 2 aromatic rings. The SMILES string of the molecule is C[C@H](NC(=O)N[C@@H](CCC(=O)OCc1ccccc1)C(=O)OCc1ccccc1)C(=O)OC(C)(C)C. The molecule has 0 spiro atoms. The van der Waals surface area contributed by atoms with Gasteiger partial charge < -0.3 is 24.8 Å². The first-order valence-corrected chi connectivity index (χ1v) is 11.7. The molecule has 0 radical (unpaired) electrons. The van der Waals surface area contributed by atoms with Crippen molar-refractivity contribution in [2.45, 2.75) is 71.4 Å². The molecule has 9 heteroatoms. The van der Waals surface area contributed by atoms with Gasteiger partial charge >= 0.3 is 23.9 Å². The molecule has 0 aliphatic heterocycles. The Morgan fingerprint density at radius 3 is 1.83 bits per heavy atom. The molecule has 194 valence electrons. The van der Waals surface area contributed by atoms with Gasteiger partial charge in [0.1, 0.15) is 30.9 Å². The number of benzene rings is 2. The fourth-order valence-electron chi connectivity index (χ4n) is 3.00. The lowest BCUT2D eigenvalue weighted by Crippen LogP contribution is -2.51. The van der Waals surface area contributed by atoms with E-state index in [9.17, 15) is 19.2 Å². The molecule has 0 saturated carbocycles. The Balaban J connectivity index is 1.95. The minimum atomic E-state index is -1.14. The summed E-state index contributed by atoms with van der Waals surface area (Å²) < 4.78 is 15.8. The molecule has 36 heavy (non-hydrogen) atoms. The molecule has 0 aliphatic carbocycles. The first-order valence-electron chi connectivity index (χ1n) is 11.7. The van der Waals surface area contributed by atoms with Crippen LogP contribution in [-0.4, -0.2) is 41.6 Å². The zero-order valence-electron chi connectivity index (χ0n) is 21.1. The van der Waals surface area contributed by atoms with Gasteiger partial charge in [0.15, 0.2) is 0 Å². The van der Waals surface area contributed by atoms with Gasteiger partial charge in [-0.1, -0.05) is 60.7 Å². The number of nitrogens with one attached hydrogen (secondary N) is 2. The van der Waals surface area contributed by atoms with Crippen LogP contribution in [-0.2, 0) is 41.8 Å². The third-order valence-corrected chi connectivity index (χ3v) is 4.80. The van der Waals surface area contributed by atoms with Gasteiger partial charge in [-0.2, -0.15) is 0 Å². The highest BCUT2D eigenvalue weighted by molar-refractivity contribution is 5.87. The van der Waals surface area contributed by atoms with Crippen molar-refractivity contribution in [3.05, 3.63) is 71.8 Å². The minimum absolute atomic E-state index is 0.00619. The number of hydrogen-bond donors (Lipinski definition) is 2. The van der Waals surface area contributed by atoms with E-state index in [4.69, 9.17) is 14.2 Å². The van der Waals surface area contributed by atoms with E-state index in [2.05, 4.69) is 10.6 Å². The van der Waals surface area contributed by atoms with Gasteiger partial charge in [-0.3, -0.25) is 4.79 Å². The van der Waals surface area contributed by atoms with Gasteiger partial charge in [0.25, 0.3) is 0 Å². The quantitative estimate of drug-likeness (QED) is 0.358. The summed E-state index contributed by atoms with van der Waals surface area (Å²) in [5.74, 6) is -1.86. The van der Waals surface area contributed by atoms with Crippen molar-refractivity contribution < 1.29 is 33.4 Å². The number of rotatable bonds is 11. The fraction of sp³-hybridized carbons (Fsp3) is 0.407. The molecule has 0 saturated heterocycles. The summed E-state index contributed by atoms with van der Waals surface area (Å²) in [6, 6.07) is 15.4. The number of amides is 2. The van der Waals surface area contributed by atoms with E-state index in [1.54, 1.807) is 32.9 Å². The number of carbonyl (C=O) groups is 4. The molecule has 0 fully saturated rings. The van der Waals surface area contributed by atoms with Crippen LogP contribution in [0.25, 0.3) is 0 Å². The van der Waals surface area contributed by atoms with E-state index >= 15 is 0 Å². The Bertz CT molecular complexity index is 1000. The summed E-state index contributed by atoms with van der Waals surface area (Å²) in [5.41, 5.74) is 0.890. The summed E-state index contributed by atoms with van der Waals surface area (Å²) in [5, 5.41) is 4.94. The number of ether oxygens (including phenoxy) is 3. The van der Waals surface area contributed by atoms with E-state index in [1.165, 1.54) is 6.92 Å². The predicted octanol–water partition coefficient (Wildman–Crippen LogP) is 3.65. The highest BCUT2D eigenvalue weighted by atomic mass is 16.6. The monoisotopic (exact) mass is 498 g/mol.